The van der Waals surface area contributed by atoms with Gasteiger partial charge in [-0.3, -0.25) is 9.38 Å². The molecule has 2 heterocycles. The quantitative estimate of drug-likeness (QED) is 0.741. The Hall–Kier alpha value is -2.34. The second kappa shape index (κ2) is 4.97. The number of benzene rings is 1. The lowest BCUT2D eigenvalue weighted by atomic mass is 10.2. The molecule has 0 bridgehead atoms. The molecule has 3 aromatic rings. The lowest BCUT2D eigenvalue weighted by Gasteiger charge is -2.09. The average molecular weight is 291 g/mol. The highest BCUT2D eigenvalue weighted by Crippen LogP contribution is 2.32. The maximum atomic E-state index is 6.15. The molecule has 0 N–H and O–H groups in total. The van der Waals surface area contributed by atoms with Crippen molar-refractivity contribution in [3.63, 3.8) is 0 Å². The molecule has 0 saturated carbocycles. The first kappa shape index (κ1) is 12.7. The molecule has 0 unspecified atom stereocenters. The number of methoxy groups -OCH3 is 2. The number of ether oxygens (including phenoxy) is 2. The van der Waals surface area contributed by atoms with Crippen molar-refractivity contribution in [1.29, 1.82) is 0 Å². The van der Waals surface area contributed by atoms with Crippen LogP contribution in [0.15, 0.2) is 30.6 Å². The molecule has 6 nitrogen and oxygen atoms in total. The molecule has 0 saturated heterocycles. The summed E-state index contributed by atoms with van der Waals surface area (Å²) in [6.07, 6.45) is 3.14. The monoisotopic (exact) mass is 290 g/mol. The van der Waals surface area contributed by atoms with Crippen molar-refractivity contribution in [2.24, 2.45) is 0 Å². The summed E-state index contributed by atoms with van der Waals surface area (Å²) < 4.78 is 12.2. The van der Waals surface area contributed by atoms with E-state index in [9.17, 15) is 0 Å². The minimum absolute atomic E-state index is 0.442. The zero-order chi connectivity index (χ0) is 14.1. The second-order valence-corrected chi connectivity index (χ2v) is 4.40. The predicted molar refractivity (Wildman–Crippen MR) is 74.3 cm³/mol. The Morgan fingerprint density at radius 3 is 2.60 bits per heavy atom. The van der Waals surface area contributed by atoms with Gasteiger partial charge in [0.15, 0.2) is 23.0 Å². The summed E-state index contributed by atoms with van der Waals surface area (Å²) in [4.78, 5) is 3.98. The van der Waals surface area contributed by atoms with Gasteiger partial charge in [-0.1, -0.05) is 11.6 Å². The number of halogens is 1. The van der Waals surface area contributed by atoms with E-state index < -0.39 is 0 Å². The van der Waals surface area contributed by atoms with Crippen LogP contribution in [-0.2, 0) is 0 Å². The molecule has 0 aliphatic rings. The molecular formula is C13H11ClN4O2. The molecule has 0 spiro atoms. The smallest absolute Gasteiger partial charge is 0.180 e. The van der Waals surface area contributed by atoms with E-state index in [1.807, 2.05) is 18.2 Å². The van der Waals surface area contributed by atoms with Crippen molar-refractivity contribution in [3.05, 3.63) is 35.7 Å². The minimum atomic E-state index is 0.442. The van der Waals surface area contributed by atoms with Crippen LogP contribution in [0.3, 0.4) is 0 Å². The van der Waals surface area contributed by atoms with Gasteiger partial charge in [0.25, 0.3) is 0 Å². The fraction of sp³-hybridized carbons (Fsp3) is 0.154. The molecule has 102 valence electrons. The summed E-state index contributed by atoms with van der Waals surface area (Å²) in [5.41, 5.74) is 1.41. The molecule has 0 aliphatic heterocycles. The van der Waals surface area contributed by atoms with Gasteiger partial charge in [0.05, 0.1) is 26.6 Å². The number of rotatable bonds is 3. The third-order valence-corrected chi connectivity index (χ3v) is 3.18. The molecule has 0 aliphatic carbocycles. The van der Waals surface area contributed by atoms with Gasteiger partial charge in [-0.2, -0.15) is 0 Å². The zero-order valence-electron chi connectivity index (χ0n) is 10.9. The van der Waals surface area contributed by atoms with Crippen molar-refractivity contribution in [2.75, 3.05) is 14.2 Å². The Balaban J connectivity index is 2.21. The molecule has 0 amide bonds. The van der Waals surface area contributed by atoms with Crippen molar-refractivity contribution < 1.29 is 9.47 Å². The molecule has 0 atom stereocenters. The minimum Gasteiger partial charge on any atom is -0.493 e. The molecular weight excluding hydrogens is 280 g/mol. The summed E-state index contributed by atoms with van der Waals surface area (Å²) in [5.74, 6) is 1.89. The number of fused-ring (bicyclic) bond motifs is 1. The summed E-state index contributed by atoms with van der Waals surface area (Å²) in [7, 11) is 3.17. The van der Waals surface area contributed by atoms with Crippen LogP contribution < -0.4 is 9.47 Å². The van der Waals surface area contributed by atoms with E-state index in [4.69, 9.17) is 21.1 Å². The topological polar surface area (TPSA) is 61.5 Å². The van der Waals surface area contributed by atoms with Gasteiger partial charge in [-0.15, -0.1) is 10.2 Å². The second-order valence-electron chi connectivity index (χ2n) is 4.02. The van der Waals surface area contributed by atoms with Crippen LogP contribution >= 0.6 is 11.6 Å². The Labute approximate surface area is 119 Å². The summed E-state index contributed by atoms with van der Waals surface area (Å²) in [6.45, 7) is 0. The van der Waals surface area contributed by atoms with Gasteiger partial charge >= 0.3 is 0 Å². The van der Waals surface area contributed by atoms with Crippen LogP contribution in [-0.4, -0.2) is 33.8 Å². The van der Waals surface area contributed by atoms with Crippen molar-refractivity contribution >= 4 is 17.2 Å². The Morgan fingerprint density at radius 2 is 1.85 bits per heavy atom. The van der Waals surface area contributed by atoms with Gasteiger partial charge in [-0.05, 0) is 18.2 Å². The fourth-order valence-corrected chi connectivity index (χ4v) is 2.20. The van der Waals surface area contributed by atoms with E-state index in [1.165, 1.54) is 0 Å². The maximum Gasteiger partial charge on any atom is 0.180 e. The molecule has 7 heteroatoms. The van der Waals surface area contributed by atoms with Crippen LogP contribution in [0.2, 0.25) is 5.15 Å². The van der Waals surface area contributed by atoms with Gasteiger partial charge in [0.2, 0.25) is 0 Å². The van der Waals surface area contributed by atoms with E-state index in [-0.39, 0.29) is 0 Å². The first-order valence-corrected chi connectivity index (χ1v) is 6.19. The lowest BCUT2D eigenvalue weighted by Crippen LogP contribution is -1.94. The van der Waals surface area contributed by atoms with Crippen LogP contribution in [0.25, 0.3) is 17.0 Å². The molecule has 0 fully saturated rings. The van der Waals surface area contributed by atoms with Crippen molar-refractivity contribution in [2.45, 2.75) is 0 Å². The van der Waals surface area contributed by atoms with E-state index in [1.54, 1.807) is 31.0 Å². The number of aromatic nitrogens is 4. The van der Waals surface area contributed by atoms with Gasteiger partial charge in [-0.25, -0.2) is 0 Å². The van der Waals surface area contributed by atoms with E-state index in [2.05, 4.69) is 15.2 Å². The third-order valence-electron chi connectivity index (χ3n) is 2.91. The van der Waals surface area contributed by atoms with Gasteiger partial charge in [0.1, 0.15) is 5.15 Å². The standard InChI is InChI=1S/C13H11ClN4O2/c1-19-9-4-3-8(5-10(9)20-2)13-17-16-12-7-15-6-11(14)18(12)13/h3-7H,1-2H3. The number of hydrogen-bond donors (Lipinski definition) is 0. The van der Waals surface area contributed by atoms with Crippen molar-refractivity contribution in [1.82, 2.24) is 19.6 Å². The highest BCUT2D eigenvalue weighted by molar-refractivity contribution is 6.29. The zero-order valence-corrected chi connectivity index (χ0v) is 11.6. The Bertz CT molecular complexity index is 772. The van der Waals surface area contributed by atoms with Crippen LogP contribution in [0, 0.1) is 0 Å². The Morgan fingerprint density at radius 1 is 1.05 bits per heavy atom. The number of nitrogens with zero attached hydrogens (tertiary/aromatic N) is 4. The summed E-state index contributed by atoms with van der Waals surface area (Å²) in [6, 6.07) is 5.50. The molecule has 2 aromatic heterocycles. The SMILES string of the molecule is COc1ccc(-c2nnc3cncc(Cl)n23)cc1OC. The van der Waals surface area contributed by atoms with E-state index in [0.29, 0.717) is 28.1 Å². The van der Waals surface area contributed by atoms with Gasteiger partial charge in [0, 0.05) is 5.56 Å². The van der Waals surface area contributed by atoms with E-state index in [0.717, 1.165) is 5.56 Å². The third kappa shape index (κ3) is 1.94. The first-order chi connectivity index (χ1) is 9.74. The predicted octanol–water partition coefficient (Wildman–Crippen LogP) is 2.46. The highest BCUT2D eigenvalue weighted by atomic mass is 35.5. The highest BCUT2D eigenvalue weighted by Gasteiger charge is 2.13. The van der Waals surface area contributed by atoms with Crippen LogP contribution in [0.1, 0.15) is 0 Å². The van der Waals surface area contributed by atoms with Crippen LogP contribution in [0.5, 0.6) is 11.5 Å². The average Bonchev–Trinajstić information content (AvgIpc) is 2.92. The van der Waals surface area contributed by atoms with Crippen LogP contribution in [0.4, 0.5) is 0 Å². The summed E-state index contributed by atoms with van der Waals surface area (Å²) >= 11 is 6.15. The molecule has 1 aromatic carbocycles. The number of hydrogen-bond acceptors (Lipinski definition) is 5. The molecule has 20 heavy (non-hydrogen) atoms. The molecule has 3 rings (SSSR count). The first-order valence-electron chi connectivity index (χ1n) is 5.81. The normalized spacial score (nSPS) is 10.8. The Kier molecular flexibility index (Phi) is 3.15. The lowest BCUT2D eigenvalue weighted by molar-refractivity contribution is 0.355. The maximum absolute atomic E-state index is 6.15. The fourth-order valence-electron chi connectivity index (χ4n) is 1.98. The molecule has 0 radical (unpaired) electrons. The largest absolute Gasteiger partial charge is 0.493 e. The van der Waals surface area contributed by atoms with Crippen molar-refractivity contribution in [3.8, 4) is 22.9 Å². The summed E-state index contributed by atoms with van der Waals surface area (Å²) in [5, 5.41) is 8.64. The van der Waals surface area contributed by atoms with E-state index >= 15 is 0 Å². The van der Waals surface area contributed by atoms with Gasteiger partial charge < -0.3 is 9.47 Å².